The number of aromatic hydroxyl groups is 1. The maximum absolute atomic E-state index is 12.2. The number of carbonyl (C=O) groups is 1. The minimum atomic E-state index is -0.931. The van der Waals surface area contributed by atoms with Crippen molar-refractivity contribution in [3.63, 3.8) is 0 Å². The number of phenols is 1. The molecular formula is C18H14N4O6S. The number of nitrogens with zero attached hydrogens (tertiary/aromatic N) is 3. The van der Waals surface area contributed by atoms with E-state index in [0.717, 1.165) is 35.0 Å². The zero-order valence-electron chi connectivity index (χ0n) is 15.2. The molecule has 10 nitrogen and oxygen atoms in total. The van der Waals surface area contributed by atoms with E-state index in [4.69, 9.17) is 0 Å². The number of nitro benzene ring substituents is 2. The van der Waals surface area contributed by atoms with Gasteiger partial charge in [-0.15, -0.1) is 0 Å². The Bertz CT molecular complexity index is 1130. The van der Waals surface area contributed by atoms with E-state index in [1.54, 1.807) is 0 Å². The third kappa shape index (κ3) is 4.24. The smallest absolute Gasteiger partial charge is 0.318 e. The van der Waals surface area contributed by atoms with E-state index in [1.807, 2.05) is 32.0 Å². The Kier molecular flexibility index (Phi) is 5.33. The van der Waals surface area contributed by atoms with Crippen LogP contribution in [-0.4, -0.2) is 26.0 Å². The minimum absolute atomic E-state index is 0.0825. The number of amides is 1. The standard InChI is InChI=1S/C18H14N4O6S/c1-9-3-4-10(2)13(5-9)19-18-20-17(24)15(29-18)7-11-6-12(21(25)26)8-14(16(11)23)22(27)28/h3-8,23H,1-2H3,(H,19,20,24)/b15-7-. The summed E-state index contributed by atoms with van der Waals surface area (Å²) in [5.41, 5.74) is 0.961. The highest BCUT2D eigenvalue weighted by molar-refractivity contribution is 8.18. The highest BCUT2D eigenvalue weighted by atomic mass is 32.2. The van der Waals surface area contributed by atoms with E-state index in [0.29, 0.717) is 11.8 Å². The number of hydrogen-bond acceptors (Lipinski definition) is 8. The van der Waals surface area contributed by atoms with Gasteiger partial charge in [-0.25, -0.2) is 4.99 Å². The summed E-state index contributed by atoms with van der Waals surface area (Å²) in [5, 5.41) is 35.1. The molecule has 0 saturated carbocycles. The number of nitro groups is 2. The summed E-state index contributed by atoms with van der Waals surface area (Å²) in [5.74, 6) is -1.30. The summed E-state index contributed by atoms with van der Waals surface area (Å²) in [7, 11) is 0. The molecule has 2 N–H and O–H groups in total. The van der Waals surface area contributed by atoms with Crippen LogP contribution in [0.15, 0.2) is 40.2 Å². The van der Waals surface area contributed by atoms with Crippen LogP contribution in [0.2, 0.25) is 0 Å². The SMILES string of the molecule is Cc1ccc(C)c(N=C2NC(=O)/C(=C/c3cc([N+](=O)[O-])cc([N+](=O)[O-])c3O)S2)c1. The summed E-state index contributed by atoms with van der Waals surface area (Å²) in [4.78, 5) is 37.1. The van der Waals surface area contributed by atoms with Gasteiger partial charge in [0.25, 0.3) is 11.6 Å². The van der Waals surface area contributed by atoms with Crippen LogP contribution in [0.4, 0.5) is 17.1 Å². The van der Waals surface area contributed by atoms with Crippen molar-refractivity contribution < 1.29 is 19.7 Å². The van der Waals surface area contributed by atoms with E-state index in [2.05, 4.69) is 10.3 Å². The molecule has 0 bridgehead atoms. The lowest BCUT2D eigenvalue weighted by atomic mass is 10.1. The van der Waals surface area contributed by atoms with Gasteiger partial charge in [0.15, 0.2) is 5.17 Å². The van der Waals surface area contributed by atoms with Crippen LogP contribution in [0.25, 0.3) is 6.08 Å². The molecule has 0 aromatic heterocycles. The van der Waals surface area contributed by atoms with Crippen LogP contribution in [0.1, 0.15) is 16.7 Å². The molecule has 29 heavy (non-hydrogen) atoms. The molecule has 11 heteroatoms. The normalized spacial score (nSPS) is 16.3. The average Bonchev–Trinajstić information content (AvgIpc) is 2.98. The van der Waals surface area contributed by atoms with Crippen molar-refractivity contribution in [3.8, 4) is 5.75 Å². The largest absolute Gasteiger partial charge is 0.502 e. The molecular weight excluding hydrogens is 400 g/mol. The predicted molar refractivity (Wildman–Crippen MR) is 108 cm³/mol. The fraction of sp³-hybridized carbons (Fsp3) is 0.111. The highest BCUT2D eigenvalue weighted by Gasteiger charge is 2.27. The van der Waals surface area contributed by atoms with Crippen molar-refractivity contribution in [1.29, 1.82) is 0 Å². The van der Waals surface area contributed by atoms with Crippen molar-refractivity contribution in [2.45, 2.75) is 13.8 Å². The van der Waals surface area contributed by atoms with Crippen LogP contribution >= 0.6 is 11.8 Å². The van der Waals surface area contributed by atoms with Crippen LogP contribution in [0, 0.1) is 34.1 Å². The molecule has 2 aromatic rings. The number of rotatable bonds is 4. The predicted octanol–water partition coefficient (Wildman–Crippen LogP) is 3.72. The summed E-state index contributed by atoms with van der Waals surface area (Å²) in [6.07, 6.45) is 1.15. The second kappa shape index (κ2) is 7.72. The van der Waals surface area contributed by atoms with E-state index in [-0.39, 0.29) is 15.6 Å². The Labute approximate surface area is 168 Å². The first-order valence-electron chi connectivity index (χ1n) is 8.18. The lowest BCUT2D eigenvalue weighted by Gasteiger charge is -2.02. The van der Waals surface area contributed by atoms with E-state index >= 15 is 0 Å². The van der Waals surface area contributed by atoms with Crippen molar-refractivity contribution in [2.75, 3.05) is 0 Å². The topological polar surface area (TPSA) is 148 Å². The van der Waals surface area contributed by atoms with Gasteiger partial charge >= 0.3 is 5.69 Å². The average molecular weight is 414 g/mol. The van der Waals surface area contributed by atoms with Gasteiger partial charge in [-0.05, 0) is 48.9 Å². The Hall–Kier alpha value is -3.73. The first-order valence-corrected chi connectivity index (χ1v) is 9.00. The number of carbonyl (C=O) groups excluding carboxylic acids is 1. The first-order chi connectivity index (χ1) is 13.7. The molecule has 0 atom stereocenters. The van der Waals surface area contributed by atoms with Gasteiger partial charge in [0.2, 0.25) is 5.75 Å². The maximum atomic E-state index is 12.2. The van der Waals surface area contributed by atoms with Crippen molar-refractivity contribution >= 4 is 46.0 Å². The summed E-state index contributed by atoms with van der Waals surface area (Å²) < 4.78 is 0. The molecule has 1 saturated heterocycles. The van der Waals surface area contributed by atoms with Crippen molar-refractivity contribution in [3.05, 3.63) is 72.2 Å². The molecule has 0 spiro atoms. The number of nitrogens with one attached hydrogen (secondary N) is 1. The van der Waals surface area contributed by atoms with E-state index in [9.17, 15) is 30.1 Å². The van der Waals surface area contributed by atoms with Crippen molar-refractivity contribution in [1.82, 2.24) is 5.32 Å². The molecule has 1 heterocycles. The van der Waals surface area contributed by atoms with Gasteiger partial charge in [-0.2, -0.15) is 0 Å². The fourth-order valence-electron chi connectivity index (χ4n) is 2.55. The highest BCUT2D eigenvalue weighted by Crippen LogP contribution is 2.37. The van der Waals surface area contributed by atoms with Gasteiger partial charge in [-0.3, -0.25) is 25.0 Å². The third-order valence-electron chi connectivity index (χ3n) is 4.04. The monoisotopic (exact) mass is 414 g/mol. The Morgan fingerprint density at radius 2 is 1.86 bits per heavy atom. The summed E-state index contributed by atoms with van der Waals surface area (Å²) >= 11 is 0.960. The first kappa shape index (κ1) is 20.0. The number of aryl methyl sites for hydroxylation is 2. The number of phenolic OH excluding ortho intramolecular Hbond substituents is 1. The number of non-ortho nitro benzene ring substituents is 1. The molecule has 3 rings (SSSR count). The summed E-state index contributed by atoms with van der Waals surface area (Å²) in [6, 6.07) is 7.30. The number of aliphatic imine (C=N–C) groups is 1. The van der Waals surface area contributed by atoms with Gasteiger partial charge in [0.05, 0.1) is 26.5 Å². The van der Waals surface area contributed by atoms with Crippen LogP contribution in [0.5, 0.6) is 5.75 Å². The Morgan fingerprint density at radius 1 is 1.14 bits per heavy atom. The quantitative estimate of drug-likeness (QED) is 0.440. The van der Waals surface area contributed by atoms with E-state index < -0.39 is 32.9 Å². The molecule has 2 aromatic carbocycles. The zero-order valence-corrected chi connectivity index (χ0v) is 16.0. The second-order valence-corrected chi connectivity index (χ2v) is 7.22. The third-order valence-corrected chi connectivity index (χ3v) is 4.95. The Balaban J connectivity index is 2.00. The van der Waals surface area contributed by atoms with E-state index in [1.165, 1.54) is 0 Å². The van der Waals surface area contributed by atoms with Gasteiger partial charge in [0, 0.05) is 11.6 Å². The molecule has 148 valence electrons. The fourth-order valence-corrected chi connectivity index (χ4v) is 3.38. The molecule has 1 amide bonds. The molecule has 1 fully saturated rings. The van der Waals surface area contributed by atoms with Crippen LogP contribution in [0.3, 0.4) is 0 Å². The van der Waals surface area contributed by atoms with Gasteiger partial charge < -0.3 is 10.4 Å². The van der Waals surface area contributed by atoms with Gasteiger partial charge in [-0.1, -0.05) is 12.1 Å². The zero-order chi connectivity index (χ0) is 21.3. The number of benzene rings is 2. The second-order valence-electron chi connectivity index (χ2n) is 6.19. The van der Waals surface area contributed by atoms with Crippen molar-refractivity contribution in [2.24, 2.45) is 4.99 Å². The minimum Gasteiger partial charge on any atom is -0.502 e. The Morgan fingerprint density at radius 3 is 2.52 bits per heavy atom. The van der Waals surface area contributed by atoms with Crippen LogP contribution in [-0.2, 0) is 4.79 Å². The molecule has 0 radical (unpaired) electrons. The number of amidine groups is 1. The molecule has 1 aliphatic rings. The number of thioether (sulfide) groups is 1. The van der Waals surface area contributed by atoms with Gasteiger partial charge in [0.1, 0.15) is 0 Å². The lowest BCUT2D eigenvalue weighted by Crippen LogP contribution is -2.19. The lowest BCUT2D eigenvalue weighted by molar-refractivity contribution is -0.394. The molecule has 0 unspecified atom stereocenters. The number of hydrogen-bond donors (Lipinski definition) is 2. The molecule has 0 aliphatic carbocycles. The maximum Gasteiger partial charge on any atom is 0.318 e. The molecule has 1 aliphatic heterocycles. The van der Waals surface area contributed by atoms with Crippen LogP contribution < -0.4 is 5.32 Å². The summed E-state index contributed by atoms with van der Waals surface area (Å²) in [6.45, 7) is 3.78.